The van der Waals surface area contributed by atoms with Gasteiger partial charge >= 0.3 is 6.03 Å². The fraction of sp³-hybridized carbons (Fsp3) is 0.250. The first-order valence-corrected chi connectivity index (χ1v) is 12.9. The normalized spacial score (nSPS) is 14.1. The zero-order chi connectivity index (χ0) is 24.0. The number of rotatable bonds is 6. The molecule has 0 radical (unpaired) electrons. The Labute approximate surface area is 210 Å². The number of carbonyl (C=O) groups is 1. The first-order chi connectivity index (χ1) is 17.2. The predicted molar refractivity (Wildman–Crippen MR) is 141 cm³/mol. The number of thioether (sulfide) groups is 1. The summed E-state index contributed by atoms with van der Waals surface area (Å²) in [5.41, 5.74) is 3.02. The largest absolute Gasteiger partial charge is 0.329 e. The molecule has 2 heterocycles. The van der Waals surface area contributed by atoms with Crippen molar-refractivity contribution in [3.05, 3.63) is 102 Å². The number of para-hydroxylation sites is 2. The van der Waals surface area contributed by atoms with E-state index in [9.17, 15) is 4.79 Å². The third-order valence-electron chi connectivity index (χ3n) is 6.43. The van der Waals surface area contributed by atoms with Gasteiger partial charge in [-0.2, -0.15) is 0 Å². The molecule has 6 nitrogen and oxygen atoms in total. The van der Waals surface area contributed by atoms with E-state index in [1.165, 1.54) is 5.56 Å². The quantitative estimate of drug-likeness (QED) is 0.304. The van der Waals surface area contributed by atoms with Crippen LogP contribution in [0.4, 0.5) is 16.2 Å². The van der Waals surface area contributed by atoms with Gasteiger partial charge in [0.25, 0.3) is 0 Å². The van der Waals surface area contributed by atoms with Crippen LogP contribution in [0.25, 0.3) is 0 Å². The van der Waals surface area contributed by atoms with E-state index in [0.29, 0.717) is 19.0 Å². The van der Waals surface area contributed by atoms with E-state index >= 15 is 0 Å². The van der Waals surface area contributed by atoms with Gasteiger partial charge in [0, 0.05) is 31.8 Å². The molecule has 178 valence electrons. The summed E-state index contributed by atoms with van der Waals surface area (Å²) in [6.07, 6.45) is 1.75. The van der Waals surface area contributed by atoms with Crippen LogP contribution in [0.5, 0.6) is 0 Å². The molecular weight excluding hydrogens is 454 g/mol. The molecule has 7 heteroatoms. The summed E-state index contributed by atoms with van der Waals surface area (Å²) in [6.45, 7) is 1.39. The van der Waals surface area contributed by atoms with Crippen molar-refractivity contribution in [1.82, 2.24) is 19.7 Å². The van der Waals surface area contributed by atoms with Crippen LogP contribution in [0, 0.1) is 0 Å². The average molecular weight is 484 g/mol. The van der Waals surface area contributed by atoms with Gasteiger partial charge in [-0.25, -0.2) is 4.79 Å². The van der Waals surface area contributed by atoms with Crippen molar-refractivity contribution in [3.63, 3.8) is 0 Å². The van der Waals surface area contributed by atoms with Crippen molar-refractivity contribution in [1.29, 1.82) is 0 Å². The van der Waals surface area contributed by atoms with Crippen molar-refractivity contribution in [2.24, 2.45) is 7.05 Å². The van der Waals surface area contributed by atoms with E-state index in [4.69, 9.17) is 0 Å². The van der Waals surface area contributed by atoms with Crippen molar-refractivity contribution in [3.8, 4) is 0 Å². The van der Waals surface area contributed by atoms with Crippen LogP contribution in [0.1, 0.15) is 30.1 Å². The van der Waals surface area contributed by atoms with Crippen LogP contribution < -0.4 is 4.90 Å². The molecule has 0 atom stereocenters. The number of carbonyl (C=O) groups excluding carboxylic acids is 1. The summed E-state index contributed by atoms with van der Waals surface area (Å²) in [5, 5.41) is 9.92. The maximum atomic E-state index is 13.6. The lowest BCUT2D eigenvalue weighted by atomic mass is 9.96. The van der Waals surface area contributed by atoms with E-state index < -0.39 is 0 Å². The second-order valence-corrected chi connectivity index (χ2v) is 9.67. The van der Waals surface area contributed by atoms with Gasteiger partial charge in [-0.15, -0.1) is 10.2 Å². The van der Waals surface area contributed by atoms with Crippen LogP contribution in [0.2, 0.25) is 0 Å². The van der Waals surface area contributed by atoms with Gasteiger partial charge in [0.05, 0.1) is 11.4 Å². The Morgan fingerprint density at radius 3 is 1.97 bits per heavy atom. The second-order valence-electron chi connectivity index (χ2n) is 8.72. The minimum absolute atomic E-state index is 0.0120. The molecule has 5 rings (SSSR count). The first kappa shape index (κ1) is 23.2. The number of likely N-dealkylation sites (tertiary alicyclic amines) is 1. The highest BCUT2D eigenvalue weighted by Crippen LogP contribution is 2.32. The summed E-state index contributed by atoms with van der Waals surface area (Å²) < 4.78 is 2.12. The molecule has 2 amide bonds. The van der Waals surface area contributed by atoms with Crippen LogP contribution >= 0.6 is 11.8 Å². The Bertz CT molecular complexity index is 1200. The number of urea groups is 1. The Morgan fingerprint density at radius 1 is 0.857 bits per heavy atom. The molecule has 3 aromatic carbocycles. The van der Waals surface area contributed by atoms with E-state index in [1.807, 2.05) is 78.7 Å². The first-order valence-electron chi connectivity index (χ1n) is 12.0. The Hall–Kier alpha value is -3.58. The minimum atomic E-state index is 0.0120. The molecule has 0 unspecified atom stereocenters. The number of aromatic nitrogens is 3. The fourth-order valence-corrected chi connectivity index (χ4v) is 5.40. The molecule has 0 bridgehead atoms. The molecule has 35 heavy (non-hydrogen) atoms. The number of anilines is 2. The number of hydrogen-bond acceptors (Lipinski definition) is 4. The molecule has 1 aliphatic rings. The SMILES string of the molecule is Cn1c(SCc2ccccc2)nnc1C1CCN(C(=O)N(c2ccccc2)c2ccccc2)CC1. The summed E-state index contributed by atoms with van der Waals surface area (Å²) in [4.78, 5) is 17.4. The topological polar surface area (TPSA) is 54.3 Å². The highest BCUT2D eigenvalue weighted by Gasteiger charge is 2.30. The summed E-state index contributed by atoms with van der Waals surface area (Å²) in [6, 6.07) is 30.1. The average Bonchev–Trinajstić information content (AvgIpc) is 3.29. The smallest absolute Gasteiger partial charge is 0.324 e. The highest BCUT2D eigenvalue weighted by molar-refractivity contribution is 7.98. The van der Waals surface area contributed by atoms with Gasteiger partial charge in [-0.05, 0) is 42.7 Å². The molecule has 0 saturated carbocycles. The van der Waals surface area contributed by atoms with Crippen LogP contribution in [-0.2, 0) is 12.8 Å². The van der Waals surface area contributed by atoms with E-state index in [0.717, 1.165) is 41.0 Å². The Morgan fingerprint density at radius 2 is 1.40 bits per heavy atom. The van der Waals surface area contributed by atoms with Crippen molar-refractivity contribution >= 4 is 29.2 Å². The molecule has 1 fully saturated rings. The maximum Gasteiger partial charge on any atom is 0.329 e. The second kappa shape index (κ2) is 10.8. The number of benzene rings is 3. The van der Waals surface area contributed by atoms with Gasteiger partial charge < -0.3 is 9.47 Å². The molecule has 0 aliphatic carbocycles. The lowest BCUT2D eigenvalue weighted by Crippen LogP contribution is -2.45. The summed E-state index contributed by atoms with van der Waals surface area (Å²) >= 11 is 1.71. The Balaban J connectivity index is 1.25. The third kappa shape index (κ3) is 5.25. The fourth-order valence-electron chi connectivity index (χ4n) is 4.52. The van der Waals surface area contributed by atoms with Crippen molar-refractivity contribution in [2.75, 3.05) is 18.0 Å². The summed E-state index contributed by atoms with van der Waals surface area (Å²) in [7, 11) is 2.05. The van der Waals surface area contributed by atoms with Gasteiger partial charge in [0.15, 0.2) is 5.16 Å². The molecule has 1 aliphatic heterocycles. The molecule has 1 saturated heterocycles. The van der Waals surface area contributed by atoms with Crippen LogP contribution in [-0.4, -0.2) is 38.8 Å². The standard InChI is InChI=1S/C28H29N5OS/c1-31-26(29-30-27(31)35-21-22-11-5-2-6-12-22)23-17-19-32(20-18-23)28(34)33(24-13-7-3-8-14-24)25-15-9-4-10-16-25/h2-16,23H,17-21H2,1H3. The van der Waals surface area contributed by atoms with Crippen LogP contribution in [0.3, 0.4) is 0 Å². The molecule has 1 aromatic heterocycles. The zero-order valence-electron chi connectivity index (χ0n) is 19.8. The van der Waals surface area contributed by atoms with E-state index in [1.54, 1.807) is 16.7 Å². The van der Waals surface area contributed by atoms with E-state index in [2.05, 4.69) is 39.0 Å². The molecule has 4 aromatic rings. The zero-order valence-corrected chi connectivity index (χ0v) is 20.6. The van der Waals surface area contributed by atoms with Gasteiger partial charge in [0.1, 0.15) is 5.82 Å². The third-order valence-corrected chi connectivity index (χ3v) is 7.52. The lowest BCUT2D eigenvalue weighted by molar-refractivity contribution is 0.188. The lowest BCUT2D eigenvalue weighted by Gasteiger charge is -2.35. The van der Waals surface area contributed by atoms with Gasteiger partial charge in [-0.1, -0.05) is 78.5 Å². The van der Waals surface area contributed by atoms with Crippen molar-refractivity contribution in [2.45, 2.75) is 29.7 Å². The number of hydrogen-bond donors (Lipinski definition) is 0. The minimum Gasteiger partial charge on any atom is -0.324 e. The van der Waals surface area contributed by atoms with Crippen molar-refractivity contribution < 1.29 is 4.79 Å². The van der Waals surface area contributed by atoms with Crippen LogP contribution in [0.15, 0.2) is 96.2 Å². The molecule has 0 spiro atoms. The predicted octanol–water partition coefficient (Wildman–Crippen LogP) is 6.25. The van der Waals surface area contributed by atoms with E-state index in [-0.39, 0.29) is 6.03 Å². The molecular formula is C28H29N5OS. The molecule has 0 N–H and O–H groups in total. The Kier molecular flexibility index (Phi) is 7.14. The monoisotopic (exact) mass is 483 g/mol. The number of piperidine rings is 1. The summed E-state index contributed by atoms with van der Waals surface area (Å²) in [5.74, 6) is 2.18. The van der Waals surface area contributed by atoms with Gasteiger partial charge in [-0.3, -0.25) is 4.90 Å². The number of amides is 2. The highest BCUT2D eigenvalue weighted by atomic mass is 32.2. The maximum absolute atomic E-state index is 13.6. The van der Waals surface area contributed by atoms with Gasteiger partial charge in [0.2, 0.25) is 0 Å². The number of nitrogens with zero attached hydrogens (tertiary/aromatic N) is 5.